The number of carbonyl (C=O) groups is 1. The third kappa shape index (κ3) is 4.22. The average molecular weight is 419 g/mol. The van der Waals surface area contributed by atoms with E-state index in [1.54, 1.807) is 0 Å². The molecule has 0 aliphatic heterocycles. The molecule has 10 heteroatoms. The Morgan fingerprint density at radius 2 is 1.65 bits per heavy atom. The number of carbonyl (C=O) groups excluding carboxylic acids is 1. The van der Waals surface area contributed by atoms with Crippen molar-refractivity contribution in [2.24, 2.45) is 5.14 Å². The molecular weight excluding hydrogens is 408 g/mol. The highest BCUT2D eigenvalue weighted by atomic mass is 79.9. The van der Waals surface area contributed by atoms with Gasteiger partial charge >= 0.3 is 0 Å². The van der Waals surface area contributed by atoms with Gasteiger partial charge in [-0.15, -0.1) is 0 Å². The molecule has 2 aromatic rings. The normalized spacial score (nSPS) is 12.1. The summed E-state index contributed by atoms with van der Waals surface area (Å²) < 4.78 is 48.3. The van der Waals surface area contributed by atoms with Gasteiger partial charge in [-0.25, -0.2) is 27.0 Å². The second-order valence-corrected chi connectivity index (χ2v) is 8.84. The summed E-state index contributed by atoms with van der Waals surface area (Å²) in [6, 6.07) is 7.79. The van der Waals surface area contributed by atoms with Crippen molar-refractivity contribution < 1.29 is 21.6 Å². The Balaban J connectivity index is 2.41. The van der Waals surface area contributed by atoms with E-state index in [2.05, 4.69) is 20.9 Å². The Hall–Kier alpha value is -1.62. The second-order valence-electron chi connectivity index (χ2n) is 4.54. The number of ketones is 1. The molecule has 1 aromatic heterocycles. The van der Waals surface area contributed by atoms with E-state index in [9.17, 15) is 21.6 Å². The fraction of sp³-hybridized carbons (Fsp3) is 0.0769. The number of pyridine rings is 1. The molecule has 122 valence electrons. The number of rotatable bonds is 5. The second kappa shape index (κ2) is 6.48. The number of nitrogens with two attached hydrogens (primary N) is 1. The van der Waals surface area contributed by atoms with Crippen molar-refractivity contribution in [1.82, 2.24) is 4.98 Å². The van der Waals surface area contributed by atoms with E-state index in [4.69, 9.17) is 5.14 Å². The number of halogens is 1. The molecule has 1 aromatic carbocycles. The minimum atomic E-state index is -4.23. The Morgan fingerprint density at radius 3 is 2.17 bits per heavy atom. The summed E-state index contributed by atoms with van der Waals surface area (Å²) in [6.45, 7) is 0. The van der Waals surface area contributed by atoms with Crippen molar-refractivity contribution in [2.75, 3.05) is 5.75 Å². The Labute approximate surface area is 141 Å². The number of hydrogen-bond acceptors (Lipinski definition) is 6. The van der Waals surface area contributed by atoms with E-state index in [0.717, 1.165) is 12.1 Å². The summed E-state index contributed by atoms with van der Waals surface area (Å²) in [6.07, 6.45) is 1.23. The van der Waals surface area contributed by atoms with Crippen molar-refractivity contribution in [1.29, 1.82) is 0 Å². The molecule has 0 amide bonds. The van der Waals surface area contributed by atoms with E-state index in [1.807, 2.05) is 0 Å². The first-order valence-corrected chi connectivity index (χ1v) is 10.1. The van der Waals surface area contributed by atoms with Crippen LogP contribution in [0.25, 0.3) is 0 Å². The quantitative estimate of drug-likeness (QED) is 0.573. The third-order valence-electron chi connectivity index (χ3n) is 2.86. The zero-order valence-corrected chi connectivity index (χ0v) is 14.7. The zero-order valence-electron chi connectivity index (χ0n) is 11.5. The van der Waals surface area contributed by atoms with Crippen LogP contribution in [0.2, 0.25) is 0 Å². The number of hydrogen-bond donors (Lipinski definition) is 1. The maximum Gasteiger partial charge on any atom is 0.239 e. The van der Waals surface area contributed by atoms with Crippen LogP contribution < -0.4 is 5.14 Å². The van der Waals surface area contributed by atoms with Crippen LogP contribution in [0.5, 0.6) is 0 Å². The van der Waals surface area contributed by atoms with Gasteiger partial charge in [-0.3, -0.25) is 4.79 Å². The summed E-state index contributed by atoms with van der Waals surface area (Å²) in [7, 11) is -8.41. The summed E-state index contributed by atoms with van der Waals surface area (Å²) in [5.41, 5.74) is 0.102. The lowest BCUT2D eigenvalue weighted by Crippen LogP contribution is -2.21. The molecule has 2 rings (SSSR count). The van der Waals surface area contributed by atoms with Crippen molar-refractivity contribution >= 4 is 41.6 Å². The van der Waals surface area contributed by atoms with Gasteiger partial charge < -0.3 is 0 Å². The standard InChI is InChI=1S/C13H11BrN2O5S2/c14-13-6-5-9(7-16-13)10(17)8-22(18,19)11-3-1-2-4-12(11)23(15,20)21/h1-7H,8H2,(H2,15,20,21). The van der Waals surface area contributed by atoms with Crippen LogP contribution in [0.4, 0.5) is 0 Å². The topological polar surface area (TPSA) is 124 Å². The van der Waals surface area contributed by atoms with Crippen molar-refractivity contribution in [3.63, 3.8) is 0 Å². The fourth-order valence-corrected chi connectivity index (χ4v) is 4.73. The van der Waals surface area contributed by atoms with Gasteiger partial charge in [-0.2, -0.15) is 0 Å². The molecule has 0 spiro atoms. The van der Waals surface area contributed by atoms with Gasteiger partial charge in [-0.05, 0) is 40.2 Å². The van der Waals surface area contributed by atoms with Crippen LogP contribution >= 0.6 is 15.9 Å². The van der Waals surface area contributed by atoms with E-state index in [0.29, 0.717) is 4.60 Å². The van der Waals surface area contributed by atoms with E-state index in [-0.39, 0.29) is 5.56 Å². The predicted octanol–water partition coefficient (Wildman–Crippen LogP) is 1.15. The number of primary sulfonamides is 1. The summed E-state index contributed by atoms with van der Waals surface area (Å²) in [5.74, 6) is -1.59. The van der Waals surface area contributed by atoms with Gasteiger partial charge in [0.05, 0.1) is 4.90 Å². The highest BCUT2D eigenvalue weighted by molar-refractivity contribution is 9.10. The van der Waals surface area contributed by atoms with E-state index >= 15 is 0 Å². The monoisotopic (exact) mass is 418 g/mol. The Bertz CT molecular complexity index is 954. The lowest BCUT2D eigenvalue weighted by molar-refractivity contribution is 0.102. The maximum absolute atomic E-state index is 12.4. The van der Waals surface area contributed by atoms with Crippen LogP contribution in [0, 0.1) is 0 Å². The van der Waals surface area contributed by atoms with Gasteiger partial charge in [0.15, 0.2) is 15.6 Å². The van der Waals surface area contributed by atoms with Gasteiger partial charge in [0, 0.05) is 11.8 Å². The van der Waals surface area contributed by atoms with Crippen LogP contribution in [-0.4, -0.2) is 33.4 Å². The first-order chi connectivity index (χ1) is 10.6. The first kappa shape index (κ1) is 17.7. The van der Waals surface area contributed by atoms with Gasteiger partial charge in [0.1, 0.15) is 15.3 Å². The van der Waals surface area contributed by atoms with Crippen LogP contribution in [0.15, 0.2) is 57.0 Å². The largest absolute Gasteiger partial charge is 0.293 e. The molecule has 2 N–H and O–H groups in total. The summed E-state index contributed by atoms with van der Waals surface area (Å²) >= 11 is 3.10. The minimum absolute atomic E-state index is 0.102. The Kier molecular flexibility index (Phi) is 4.99. The van der Waals surface area contributed by atoms with Crippen molar-refractivity contribution in [3.05, 3.63) is 52.8 Å². The molecule has 23 heavy (non-hydrogen) atoms. The summed E-state index contributed by atoms with van der Waals surface area (Å²) in [5, 5.41) is 5.02. The highest BCUT2D eigenvalue weighted by Crippen LogP contribution is 2.21. The molecule has 0 bridgehead atoms. The number of nitrogens with zero attached hydrogens (tertiary/aromatic N) is 1. The maximum atomic E-state index is 12.4. The molecular formula is C13H11BrN2O5S2. The molecule has 0 radical (unpaired) electrons. The van der Waals surface area contributed by atoms with Crippen molar-refractivity contribution in [2.45, 2.75) is 9.79 Å². The van der Waals surface area contributed by atoms with E-state index in [1.165, 1.54) is 30.5 Å². The lowest BCUT2D eigenvalue weighted by Gasteiger charge is -2.08. The fourth-order valence-electron chi connectivity index (χ4n) is 1.82. The number of benzene rings is 1. The first-order valence-electron chi connectivity index (χ1n) is 6.10. The molecule has 0 atom stereocenters. The molecule has 0 saturated carbocycles. The molecule has 7 nitrogen and oxygen atoms in total. The number of sulfone groups is 1. The van der Waals surface area contributed by atoms with Gasteiger partial charge in [0.25, 0.3) is 0 Å². The smallest absolute Gasteiger partial charge is 0.239 e. The highest BCUT2D eigenvalue weighted by Gasteiger charge is 2.26. The summed E-state index contributed by atoms with van der Waals surface area (Å²) in [4.78, 5) is 14.9. The number of sulfonamides is 1. The molecule has 0 unspecified atom stereocenters. The van der Waals surface area contributed by atoms with Crippen molar-refractivity contribution in [3.8, 4) is 0 Å². The Morgan fingerprint density at radius 1 is 1.04 bits per heavy atom. The molecule has 0 saturated heterocycles. The van der Waals surface area contributed by atoms with Gasteiger partial charge in [-0.1, -0.05) is 12.1 Å². The minimum Gasteiger partial charge on any atom is -0.293 e. The number of Topliss-reactive ketones (excluding diaryl/α,β-unsaturated/α-hetero) is 1. The predicted molar refractivity (Wildman–Crippen MR) is 86.1 cm³/mol. The molecule has 0 fully saturated rings. The van der Waals surface area contributed by atoms with Gasteiger partial charge in [0.2, 0.25) is 10.0 Å². The lowest BCUT2D eigenvalue weighted by atomic mass is 10.2. The molecule has 1 heterocycles. The van der Waals surface area contributed by atoms with Crippen LogP contribution in [0.1, 0.15) is 10.4 Å². The van der Waals surface area contributed by atoms with Crippen LogP contribution in [0.3, 0.4) is 0 Å². The van der Waals surface area contributed by atoms with E-state index < -0.39 is 41.2 Å². The zero-order chi connectivity index (χ0) is 17.3. The molecule has 0 aliphatic carbocycles. The average Bonchev–Trinajstić information content (AvgIpc) is 2.46. The molecule has 0 aliphatic rings. The number of aromatic nitrogens is 1. The SMILES string of the molecule is NS(=O)(=O)c1ccccc1S(=O)(=O)CC(=O)c1ccc(Br)nc1. The van der Waals surface area contributed by atoms with Crippen LogP contribution in [-0.2, 0) is 19.9 Å². The third-order valence-corrected chi connectivity index (χ3v) is 6.10.